The minimum Gasteiger partial charge on any atom is -0.493 e. The Morgan fingerprint density at radius 3 is 2.75 bits per heavy atom. The molecule has 7 nitrogen and oxygen atoms in total. The summed E-state index contributed by atoms with van der Waals surface area (Å²) in [6.07, 6.45) is 1.63. The minimum absolute atomic E-state index is 0.243. The van der Waals surface area contributed by atoms with Gasteiger partial charge in [0.2, 0.25) is 0 Å². The summed E-state index contributed by atoms with van der Waals surface area (Å²) < 4.78 is 18.1. The van der Waals surface area contributed by atoms with Crippen LogP contribution in [0, 0.1) is 0 Å². The average molecular weight is 377 g/mol. The average Bonchev–Trinajstić information content (AvgIpc) is 3.34. The first-order chi connectivity index (χ1) is 13.7. The van der Waals surface area contributed by atoms with E-state index in [-0.39, 0.29) is 11.7 Å². The number of ether oxygens (including phenoxy) is 2. The monoisotopic (exact) mass is 377 g/mol. The second-order valence-electron chi connectivity index (χ2n) is 6.13. The Morgan fingerprint density at radius 1 is 1.11 bits per heavy atom. The molecule has 1 amide bonds. The lowest BCUT2D eigenvalue weighted by molar-refractivity contribution is 0.0997. The number of methoxy groups -OCH3 is 2. The van der Waals surface area contributed by atoms with Crippen LogP contribution < -0.4 is 14.8 Å². The van der Waals surface area contributed by atoms with E-state index in [0.717, 1.165) is 10.9 Å². The van der Waals surface area contributed by atoms with E-state index in [1.807, 2.05) is 42.5 Å². The molecular weight excluding hydrogens is 358 g/mol. The van der Waals surface area contributed by atoms with Gasteiger partial charge in [0.05, 0.1) is 27.0 Å². The van der Waals surface area contributed by atoms with Crippen LogP contribution in [0.1, 0.15) is 16.1 Å². The van der Waals surface area contributed by atoms with Crippen LogP contribution in [0.3, 0.4) is 0 Å². The van der Waals surface area contributed by atoms with Crippen molar-refractivity contribution in [3.8, 4) is 11.5 Å². The zero-order chi connectivity index (χ0) is 19.5. The number of carbonyl (C=O) groups is 1. The summed E-state index contributed by atoms with van der Waals surface area (Å²) in [6.45, 7) is 0.406. The molecule has 0 bridgehead atoms. The molecule has 4 rings (SSSR count). The van der Waals surface area contributed by atoms with Gasteiger partial charge in [-0.1, -0.05) is 30.3 Å². The van der Waals surface area contributed by atoms with Crippen LogP contribution >= 0.6 is 0 Å². The number of hydrogen-bond donors (Lipinski definition) is 1. The Balaban J connectivity index is 1.57. The van der Waals surface area contributed by atoms with Gasteiger partial charge in [0, 0.05) is 17.0 Å². The summed E-state index contributed by atoms with van der Waals surface area (Å²) in [5.41, 5.74) is 1.55. The number of nitrogens with zero attached hydrogens (tertiary/aromatic N) is 2. The number of aromatic nitrogens is 2. The third kappa shape index (κ3) is 3.29. The Morgan fingerprint density at radius 2 is 1.96 bits per heavy atom. The van der Waals surface area contributed by atoms with Crippen molar-refractivity contribution >= 4 is 22.7 Å². The van der Waals surface area contributed by atoms with E-state index in [2.05, 4.69) is 10.4 Å². The largest absolute Gasteiger partial charge is 0.493 e. The first kappa shape index (κ1) is 17.7. The fourth-order valence-electron chi connectivity index (χ4n) is 3.08. The fraction of sp³-hybridized carbons (Fsp3) is 0.143. The number of hydrogen-bond acceptors (Lipinski definition) is 5. The van der Waals surface area contributed by atoms with E-state index in [1.165, 1.54) is 0 Å². The summed E-state index contributed by atoms with van der Waals surface area (Å²) in [5, 5.41) is 8.03. The van der Waals surface area contributed by atoms with Crippen molar-refractivity contribution in [2.75, 3.05) is 19.5 Å². The Hall–Kier alpha value is -3.74. The van der Waals surface area contributed by atoms with Crippen LogP contribution in [0.2, 0.25) is 0 Å². The number of anilines is 1. The van der Waals surface area contributed by atoms with E-state index in [0.29, 0.717) is 29.4 Å². The second kappa shape index (κ2) is 7.48. The molecule has 142 valence electrons. The molecule has 1 N–H and O–H groups in total. The van der Waals surface area contributed by atoms with E-state index < -0.39 is 0 Å². The SMILES string of the molecule is COc1cccc(Cn2nccc2NC(=O)c2cc3ccccc3o2)c1OC. The zero-order valence-corrected chi connectivity index (χ0v) is 15.5. The first-order valence-corrected chi connectivity index (χ1v) is 8.71. The molecule has 2 aromatic carbocycles. The van der Waals surface area contributed by atoms with Gasteiger partial charge in [0.1, 0.15) is 11.4 Å². The molecule has 0 saturated heterocycles. The van der Waals surface area contributed by atoms with E-state index in [4.69, 9.17) is 13.9 Å². The summed E-state index contributed by atoms with van der Waals surface area (Å²) in [4.78, 5) is 12.6. The predicted molar refractivity (Wildman–Crippen MR) is 105 cm³/mol. The predicted octanol–water partition coefficient (Wildman–Crippen LogP) is 3.95. The summed E-state index contributed by atoms with van der Waals surface area (Å²) >= 11 is 0. The third-order valence-corrected chi connectivity index (χ3v) is 4.41. The maximum Gasteiger partial charge on any atom is 0.292 e. The molecule has 0 aliphatic heterocycles. The van der Waals surface area contributed by atoms with Crippen LogP contribution in [0.15, 0.2) is 65.2 Å². The molecular formula is C21H19N3O4. The summed E-state index contributed by atoms with van der Waals surface area (Å²) in [7, 11) is 3.18. The number of fused-ring (bicyclic) bond motifs is 1. The van der Waals surface area contributed by atoms with Crippen molar-refractivity contribution in [3.05, 3.63) is 72.1 Å². The van der Waals surface area contributed by atoms with Crippen molar-refractivity contribution in [2.24, 2.45) is 0 Å². The lowest BCUT2D eigenvalue weighted by Crippen LogP contribution is -2.16. The van der Waals surface area contributed by atoms with Crippen molar-refractivity contribution in [3.63, 3.8) is 0 Å². The van der Waals surface area contributed by atoms with E-state index >= 15 is 0 Å². The molecule has 2 aromatic heterocycles. The van der Waals surface area contributed by atoms with Crippen molar-refractivity contribution in [1.29, 1.82) is 0 Å². The smallest absolute Gasteiger partial charge is 0.292 e. The standard InChI is InChI=1S/C21H19N3O4/c1-26-17-9-5-7-15(20(17)27-2)13-24-19(10-11-22-24)23-21(25)18-12-14-6-3-4-8-16(14)28-18/h3-12H,13H2,1-2H3,(H,23,25). The molecule has 0 unspecified atom stereocenters. The highest BCUT2D eigenvalue weighted by atomic mass is 16.5. The molecule has 0 saturated carbocycles. The number of nitrogens with one attached hydrogen (secondary N) is 1. The summed E-state index contributed by atoms with van der Waals surface area (Å²) in [6, 6.07) is 16.6. The van der Waals surface area contributed by atoms with Gasteiger partial charge in [-0.15, -0.1) is 0 Å². The van der Waals surface area contributed by atoms with Crippen LogP contribution in [-0.4, -0.2) is 29.9 Å². The molecule has 0 radical (unpaired) electrons. The summed E-state index contributed by atoms with van der Waals surface area (Å²) in [5.74, 6) is 1.73. The lowest BCUT2D eigenvalue weighted by atomic mass is 10.2. The van der Waals surface area contributed by atoms with Gasteiger partial charge in [0.15, 0.2) is 17.3 Å². The number of amides is 1. The normalized spacial score (nSPS) is 10.8. The molecule has 2 heterocycles. The highest BCUT2D eigenvalue weighted by molar-refractivity contribution is 6.04. The molecule has 4 aromatic rings. The van der Waals surface area contributed by atoms with Crippen molar-refractivity contribution in [1.82, 2.24) is 9.78 Å². The topological polar surface area (TPSA) is 78.5 Å². The van der Waals surface area contributed by atoms with Crippen LogP contribution in [0.5, 0.6) is 11.5 Å². The van der Waals surface area contributed by atoms with Crippen LogP contribution in [-0.2, 0) is 6.54 Å². The van der Waals surface area contributed by atoms with Crippen molar-refractivity contribution < 1.29 is 18.7 Å². The molecule has 28 heavy (non-hydrogen) atoms. The molecule has 0 atom stereocenters. The van der Waals surface area contributed by atoms with Gasteiger partial charge in [0.25, 0.3) is 5.91 Å². The zero-order valence-electron chi connectivity index (χ0n) is 15.5. The number of rotatable bonds is 6. The quantitative estimate of drug-likeness (QED) is 0.550. The van der Waals surface area contributed by atoms with Gasteiger partial charge in [-0.3, -0.25) is 4.79 Å². The number of para-hydroxylation sites is 2. The second-order valence-corrected chi connectivity index (χ2v) is 6.13. The Bertz CT molecular complexity index is 1100. The highest BCUT2D eigenvalue weighted by Crippen LogP contribution is 2.31. The third-order valence-electron chi connectivity index (χ3n) is 4.41. The van der Waals surface area contributed by atoms with E-state index in [9.17, 15) is 4.79 Å². The Kier molecular flexibility index (Phi) is 4.72. The van der Waals surface area contributed by atoms with Gasteiger partial charge in [-0.25, -0.2) is 4.68 Å². The molecule has 0 spiro atoms. The van der Waals surface area contributed by atoms with Crippen LogP contribution in [0.4, 0.5) is 5.82 Å². The first-order valence-electron chi connectivity index (χ1n) is 8.71. The number of benzene rings is 2. The fourth-order valence-corrected chi connectivity index (χ4v) is 3.08. The molecule has 7 heteroatoms. The van der Waals surface area contributed by atoms with Gasteiger partial charge < -0.3 is 19.2 Å². The molecule has 0 fully saturated rings. The van der Waals surface area contributed by atoms with Gasteiger partial charge in [-0.05, 0) is 18.2 Å². The Labute approximate surface area is 161 Å². The maximum absolute atomic E-state index is 12.6. The lowest BCUT2D eigenvalue weighted by Gasteiger charge is -2.14. The maximum atomic E-state index is 12.6. The van der Waals surface area contributed by atoms with Crippen molar-refractivity contribution in [2.45, 2.75) is 6.54 Å². The highest BCUT2D eigenvalue weighted by Gasteiger charge is 2.16. The molecule has 0 aliphatic carbocycles. The minimum atomic E-state index is -0.337. The number of carbonyl (C=O) groups excluding carboxylic acids is 1. The molecule has 0 aliphatic rings. The van der Waals surface area contributed by atoms with Gasteiger partial charge in [-0.2, -0.15) is 5.10 Å². The van der Waals surface area contributed by atoms with E-state index in [1.54, 1.807) is 37.2 Å². The van der Waals surface area contributed by atoms with Gasteiger partial charge >= 0.3 is 0 Å². The van der Waals surface area contributed by atoms with Crippen LogP contribution in [0.25, 0.3) is 11.0 Å². The number of furan rings is 1.